The van der Waals surface area contributed by atoms with Crippen LogP contribution in [0.1, 0.15) is 17.1 Å². The van der Waals surface area contributed by atoms with Crippen molar-refractivity contribution in [3.63, 3.8) is 0 Å². The molecule has 1 aromatic heterocycles. The summed E-state index contributed by atoms with van der Waals surface area (Å²) in [5.41, 5.74) is 1.07. The van der Waals surface area contributed by atoms with E-state index in [1.165, 1.54) is 0 Å². The number of rotatable bonds is 9. The van der Waals surface area contributed by atoms with E-state index in [0.717, 1.165) is 42.6 Å². The van der Waals surface area contributed by atoms with Gasteiger partial charge < -0.3 is 14.8 Å². The van der Waals surface area contributed by atoms with Crippen LogP contribution in [0.15, 0.2) is 35.7 Å². The molecule has 0 aliphatic carbocycles. The minimum atomic E-state index is 0.526. The third-order valence-corrected chi connectivity index (χ3v) is 3.58. The molecule has 1 N–H and O–H groups in total. The molecule has 0 amide bonds. The number of hydrogen-bond acceptors (Lipinski definition) is 5. The first-order valence-corrected chi connectivity index (χ1v) is 7.57. The van der Waals surface area contributed by atoms with Gasteiger partial charge in [-0.2, -0.15) is 0 Å². The van der Waals surface area contributed by atoms with Crippen molar-refractivity contribution in [2.24, 2.45) is 0 Å². The van der Waals surface area contributed by atoms with Gasteiger partial charge in [0.25, 0.3) is 0 Å². The molecule has 2 rings (SSSR count). The Bertz CT molecular complexity index is 488. The predicted molar refractivity (Wildman–Crippen MR) is 81.1 cm³/mol. The Hall–Kier alpha value is -1.43. The zero-order valence-electron chi connectivity index (χ0n) is 11.7. The average Bonchev–Trinajstić information content (AvgIpc) is 2.94. The van der Waals surface area contributed by atoms with Gasteiger partial charge in [0.05, 0.1) is 5.69 Å². The van der Waals surface area contributed by atoms with E-state index in [4.69, 9.17) is 9.47 Å². The molecular weight excluding hydrogens is 272 g/mol. The molecule has 0 radical (unpaired) electrons. The highest BCUT2D eigenvalue weighted by Gasteiger charge is 2.02. The second-order valence-corrected chi connectivity index (χ2v) is 5.30. The SMILES string of the molecule is COCCCNCc1csc(COc2ccccc2)n1. The minimum absolute atomic E-state index is 0.526. The summed E-state index contributed by atoms with van der Waals surface area (Å²) in [4.78, 5) is 4.54. The Kier molecular flexibility index (Phi) is 6.50. The van der Waals surface area contributed by atoms with Gasteiger partial charge in [-0.05, 0) is 25.1 Å². The van der Waals surface area contributed by atoms with Gasteiger partial charge in [0, 0.05) is 25.6 Å². The molecule has 0 unspecified atom stereocenters. The van der Waals surface area contributed by atoms with Crippen LogP contribution < -0.4 is 10.1 Å². The largest absolute Gasteiger partial charge is 0.486 e. The highest BCUT2D eigenvalue weighted by atomic mass is 32.1. The topological polar surface area (TPSA) is 43.4 Å². The summed E-state index contributed by atoms with van der Waals surface area (Å²) >= 11 is 1.64. The summed E-state index contributed by atoms with van der Waals surface area (Å²) in [6.07, 6.45) is 1.02. The molecule has 20 heavy (non-hydrogen) atoms. The number of ether oxygens (including phenoxy) is 2. The first-order valence-electron chi connectivity index (χ1n) is 6.69. The van der Waals surface area contributed by atoms with Crippen molar-refractivity contribution in [2.45, 2.75) is 19.6 Å². The van der Waals surface area contributed by atoms with Crippen molar-refractivity contribution in [1.29, 1.82) is 0 Å². The van der Waals surface area contributed by atoms with E-state index in [0.29, 0.717) is 6.61 Å². The second-order valence-electron chi connectivity index (χ2n) is 4.36. The lowest BCUT2D eigenvalue weighted by Gasteiger charge is -2.03. The molecule has 1 heterocycles. The van der Waals surface area contributed by atoms with E-state index >= 15 is 0 Å². The third kappa shape index (κ3) is 5.28. The maximum Gasteiger partial charge on any atom is 0.140 e. The van der Waals surface area contributed by atoms with Crippen molar-refractivity contribution >= 4 is 11.3 Å². The van der Waals surface area contributed by atoms with E-state index in [1.54, 1.807) is 18.4 Å². The maximum absolute atomic E-state index is 5.67. The molecule has 5 heteroatoms. The molecule has 0 spiro atoms. The van der Waals surface area contributed by atoms with Gasteiger partial charge in [-0.1, -0.05) is 18.2 Å². The number of aromatic nitrogens is 1. The summed E-state index contributed by atoms with van der Waals surface area (Å²) in [5.74, 6) is 0.877. The number of para-hydroxylation sites is 1. The molecule has 0 aliphatic heterocycles. The standard InChI is InChI=1S/C15H20N2O2S/c1-18-9-5-8-16-10-13-12-20-15(17-13)11-19-14-6-3-2-4-7-14/h2-4,6-7,12,16H,5,8-11H2,1H3. The lowest BCUT2D eigenvalue weighted by molar-refractivity contribution is 0.194. The van der Waals surface area contributed by atoms with Crippen molar-refractivity contribution < 1.29 is 9.47 Å². The fourth-order valence-electron chi connectivity index (χ4n) is 1.72. The summed E-state index contributed by atoms with van der Waals surface area (Å²) < 4.78 is 10.7. The average molecular weight is 292 g/mol. The van der Waals surface area contributed by atoms with Gasteiger partial charge in [-0.15, -0.1) is 11.3 Å². The second kappa shape index (κ2) is 8.68. The van der Waals surface area contributed by atoms with E-state index in [9.17, 15) is 0 Å². The quantitative estimate of drug-likeness (QED) is 0.722. The van der Waals surface area contributed by atoms with E-state index in [2.05, 4.69) is 15.7 Å². The zero-order valence-corrected chi connectivity index (χ0v) is 12.5. The van der Waals surface area contributed by atoms with Crippen LogP contribution in [0.3, 0.4) is 0 Å². The van der Waals surface area contributed by atoms with Gasteiger partial charge in [0.1, 0.15) is 17.4 Å². The minimum Gasteiger partial charge on any atom is -0.486 e. The molecular formula is C15H20N2O2S. The van der Waals surface area contributed by atoms with Crippen LogP contribution in [-0.2, 0) is 17.9 Å². The van der Waals surface area contributed by atoms with Crippen molar-refractivity contribution in [1.82, 2.24) is 10.3 Å². The van der Waals surface area contributed by atoms with Crippen LogP contribution >= 0.6 is 11.3 Å². The molecule has 0 saturated carbocycles. The van der Waals surface area contributed by atoms with E-state index < -0.39 is 0 Å². The summed E-state index contributed by atoms with van der Waals surface area (Å²) in [5, 5.41) is 6.43. The normalized spacial score (nSPS) is 10.7. The van der Waals surface area contributed by atoms with Crippen LogP contribution in [0.25, 0.3) is 0 Å². The van der Waals surface area contributed by atoms with Crippen molar-refractivity contribution in [3.8, 4) is 5.75 Å². The van der Waals surface area contributed by atoms with E-state index in [1.807, 2.05) is 30.3 Å². The monoisotopic (exact) mass is 292 g/mol. The summed E-state index contributed by atoms with van der Waals surface area (Å²) in [6, 6.07) is 9.81. The van der Waals surface area contributed by atoms with Crippen LogP contribution in [0.5, 0.6) is 5.75 Å². The van der Waals surface area contributed by atoms with E-state index in [-0.39, 0.29) is 0 Å². The molecule has 0 saturated heterocycles. The smallest absolute Gasteiger partial charge is 0.140 e. The molecule has 0 atom stereocenters. The Morgan fingerprint density at radius 1 is 1.25 bits per heavy atom. The number of nitrogens with one attached hydrogen (secondary N) is 1. The summed E-state index contributed by atoms with van der Waals surface area (Å²) in [7, 11) is 1.72. The van der Waals surface area contributed by atoms with Crippen molar-refractivity contribution in [2.75, 3.05) is 20.3 Å². The van der Waals surface area contributed by atoms with Gasteiger partial charge in [-0.25, -0.2) is 4.98 Å². The highest BCUT2D eigenvalue weighted by molar-refractivity contribution is 7.09. The fraction of sp³-hybridized carbons (Fsp3) is 0.400. The Morgan fingerprint density at radius 2 is 2.10 bits per heavy atom. The van der Waals surface area contributed by atoms with Crippen LogP contribution in [-0.4, -0.2) is 25.2 Å². The summed E-state index contributed by atoms with van der Waals surface area (Å²) in [6.45, 7) is 3.06. The zero-order chi connectivity index (χ0) is 14.0. The predicted octanol–water partition coefficient (Wildman–Crippen LogP) is 2.85. The molecule has 0 fully saturated rings. The number of methoxy groups -OCH3 is 1. The molecule has 4 nitrogen and oxygen atoms in total. The van der Waals surface area contributed by atoms with Crippen molar-refractivity contribution in [3.05, 3.63) is 46.4 Å². The lowest BCUT2D eigenvalue weighted by atomic mass is 10.3. The number of nitrogens with zero attached hydrogens (tertiary/aromatic N) is 1. The number of benzene rings is 1. The van der Waals surface area contributed by atoms with Gasteiger partial charge in [0.2, 0.25) is 0 Å². The van der Waals surface area contributed by atoms with Gasteiger partial charge in [0.15, 0.2) is 0 Å². The first-order chi connectivity index (χ1) is 9.88. The number of thiazole rings is 1. The van der Waals surface area contributed by atoms with Gasteiger partial charge >= 0.3 is 0 Å². The maximum atomic E-state index is 5.67. The van der Waals surface area contributed by atoms with Crippen LogP contribution in [0.2, 0.25) is 0 Å². The number of hydrogen-bond donors (Lipinski definition) is 1. The van der Waals surface area contributed by atoms with Crippen LogP contribution in [0, 0.1) is 0 Å². The molecule has 2 aromatic rings. The Balaban J connectivity index is 1.69. The first kappa shape index (κ1) is 15.0. The Labute approximate surface area is 123 Å². The van der Waals surface area contributed by atoms with Crippen LogP contribution in [0.4, 0.5) is 0 Å². The lowest BCUT2D eigenvalue weighted by Crippen LogP contribution is -2.16. The Morgan fingerprint density at radius 3 is 2.90 bits per heavy atom. The molecule has 1 aromatic carbocycles. The molecule has 0 bridgehead atoms. The highest BCUT2D eigenvalue weighted by Crippen LogP contribution is 2.14. The molecule has 108 valence electrons. The third-order valence-electron chi connectivity index (χ3n) is 2.71. The molecule has 0 aliphatic rings. The fourth-order valence-corrected chi connectivity index (χ4v) is 2.42. The van der Waals surface area contributed by atoms with Gasteiger partial charge in [-0.3, -0.25) is 0 Å².